The Balaban J connectivity index is 1.43. The second-order valence-corrected chi connectivity index (χ2v) is 7.58. The summed E-state index contributed by atoms with van der Waals surface area (Å²) in [5.41, 5.74) is 1.15. The number of hydrogen-bond acceptors (Lipinski definition) is 3. The molecule has 2 fully saturated rings. The number of anilines is 1. The lowest BCUT2D eigenvalue weighted by atomic mass is 10.0. The van der Waals surface area contributed by atoms with E-state index in [1.54, 1.807) is 0 Å². The van der Waals surface area contributed by atoms with Gasteiger partial charge >= 0.3 is 0 Å². The largest absolute Gasteiger partial charge is 0.368 e. The number of piperazine rings is 1. The number of halogens is 1. The van der Waals surface area contributed by atoms with Gasteiger partial charge in [-0.25, -0.2) is 0 Å². The number of piperidine rings is 1. The van der Waals surface area contributed by atoms with Crippen molar-refractivity contribution < 1.29 is 4.79 Å². The highest BCUT2D eigenvalue weighted by atomic mass is 35.5. The summed E-state index contributed by atoms with van der Waals surface area (Å²) in [5, 5.41) is 0.766. The van der Waals surface area contributed by atoms with Crippen LogP contribution in [0.1, 0.15) is 26.2 Å². The van der Waals surface area contributed by atoms with Crippen molar-refractivity contribution in [2.45, 2.75) is 26.2 Å². The molecule has 3 rings (SSSR count). The molecule has 0 radical (unpaired) electrons. The quantitative estimate of drug-likeness (QED) is 0.835. The van der Waals surface area contributed by atoms with E-state index in [-0.39, 0.29) is 0 Å². The monoisotopic (exact) mass is 349 g/mol. The molecule has 4 nitrogen and oxygen atoms in total. The second kappa shape index (κ2) is 8.21. The summed E-state index contributed by atoms with van der Waals surface area (Å²) < 4.78 is 0. The highest BCUT2D eigenvalue weighted by Gasteiger charge is 2.23. The number of carbonyl (C=O) groups is 1. The summed E-state index contributed by atoms with van der Waals surface area (Å²) in [7, 11) is 0. The zero-order chi connectivity index (χ0) is 16.9. The number of carbonyl (C=O) groups excluding carboxylic acids is 1. The van der Waals surface area contributed by atoms with Crippen molar-refractivity contribution in [1.29, 1.82) is 0 Å². The molecule has 0 aromatic heterocycles. The molecule has 5 heteroatoms. The first-order valence-corrected chi connectivity index (χ1v) is 9.50. The molecule has 0 spiro atoms. The molecule has 1 amide bonds. The van der Waals surface area contributed by atoms with Gasteiger partial charge in [0.25, 0.3) is 0 Å². The predicted molar refractivity (Wildman–Crippen MR) is 99.7 cm³/mol. The molecule has 0 saturated carbocycles. The molecule has 1 atom stereocenters. The molecule has 0 N–H and O–H groups in total. The van der Waals surface area contributed by atoms with Crippen molar-refractivity contribution in [2.24, 2.45) is 5.92 Å². The Bertz CT molecular complexity index is 557. The summed E-state index contributed by atoms with van der Waals surface area (Å²) >= 11 is 6.07. The van der Waals surface area contributed by atoms with Gasteiger partial charge in [0.15, 0.2) is 0 Å². The summed E-state index contributed by atoms with van der Waals surface area (Å²) in [6.45, 7) is 8.90. The van der Waals surface area contributed by atoms with E-state index in [0.29, 0.717) is 12.3 Å². The van der Waals surface area contributed by atoms with Crippen molar-refractivity contribution in [2.75, 3.05) is 50.7 Å². The van der Waals surface area contributed by atoms with Crippen LogP contribution in [0.4, 0.5) is 5.69 Å². The summed E-state index contributed by atoms with van der Waals surface area (Å²) in [6.07, 6.45) is 3.26. The lowest BCUT2D eigenvalue weighted by molar-refractivity contribution is -0.131. The van der Waals surface area contributed by atoms with Crippen LogP contribution in [0.2, 0.25) is 5.02 Å². The minimum Gasteiger partial charge on any atom is -0.368 e. The second-order valence-electron chi connectivity index (χ2n) is 7.15. The molecular weight excluding hydrogens is 322 g/mol. The molecule has 0 unspecified atom stereocenters. The van der Waals surface area contributed by atoms with E-state index in [1.807, 2.05) is 23.1 Å². The Hall–Kier alpha value is -1.26. The molecule has 2 aliphatic heterocycles. The van der Waals surface area contributed by atoms with Gasteiger partial charge in [0, 0.05) is 56.4 Å². The van der Waals surface area contributed by atoms with Gasteiger partial charge in [-0.05, 0) is 43.5 Å². The molecule has 0 bridgehead atoms. The fraction of sp³-hybridized carbons (Fsp3) is 0.632. The first-order valence-electron chi connectivity index (χ1n) is 9.12. The van der Waals surface area contributed by atoms with E-state index < -0.39 is 0 Å². The van der Waals surface area contributed by atoms with Gasteiger partial charge in [-0.1, -0.05) is 24.6 Å². The van der Waals surface area contributed by atoms with Crippen molar-refractivity contribution in [3.8, 4) is 0 Å². The maximum absolute atomic E-state index is 12.5. The van der Waals surface area contributed by atoms with E-state index in [2.05, 4.69) is 22.8 Å². The fourth-order valence-corrected chi connectivity index (χ4v) is 3.97. The SMILES string of the molecule is C[C@H]1CCCN(CCC(=O)N2CCN(c3cccc(Cl)c3)CC2)C1. The Kier molecular flexibility index (Phi) is 6.01. The van der Waals surface area contributed by atoms with Gasteiger partial charge in [-0.2, -0.15) is 0 Å². The third kappa shape index (κ3) is 4.64. The van der Waals surface area contributed by atoms with Crippen molar-refractivity contribution in [1.82, 2.24) is 9.80 Å². The Morgan fingerprint density at radius 2 is 2.00 bits per heavy atom. The van der Waals surface area contributed by atoms with E-state index in [1.165, 1.54) is 12.8 Å². The number of likely N-dealkylation sites (tertiary alicyclic amines) is 1. The number of hydrogen-bond donors (Lipinski definition) is 0. The molecule has 2 aliphatic rings. The van der Waals surface area contributed by atoms with Crippen molar-refractivity contribution >= 4 is 23.2 Å². The number of nitrogens with zero attached hydrogens (tertiary/aromatic N) is 3. The van der Waals surface area contributed by atoms with Crippen LogP contribution >= 0.6 is 11.6 Å². The van der Waals surface area contributed by atoms with Crippen LogP contribution in [0.15, 0.2) is 24.3 Å². The molecule has 1 aromatic rings. The summed E-state index contributed by atoms with van der Waals surface area (Å²) in [5.74, 6) is 1.08. The van der Waals surface area contributed by atoms with Crippen LogP contribution in [0.25, 0.3) is 0 Å². The predicted octanol–water partition coefficient (Wildman–Crippen LogP) is 3.11. The minimum absolute atomic E-state index is 0.305. The number of benzene rings is 1. The van der Waals surface area contributed by atoms with E-state index in [0.717, 1.165) is 62.4 Å². The van der Waals surface area contributed by atoms with Gasteiger partial charge in [-0.3, -0.25) is 4.79 Å². The fourth-order valence-electron chi connectivity index (χ4n) is 3.79. The van der Waals surface area contributed by atoms with Crippen LogP contribution in [0, 0.1) is 5.92 Å². The van der Waals surface area contributed by atoms with Crippen LogP contribution < -0.4 is 4.90 Å². The van der Waals surface area contributed by atoms with E-state index in [4.69, 9.17) is 11.6 Å². The average Bonchev–Trinajstić information content (AvgIpc) is 2.60. The molecule has 2 heterocycles. The molecule has 1 aromatic carbocycles. The smallest absolute Gasteiger partial charge is 0.223 e. The summed E-state index contributed by atoms with van der Waals surface area (Å²) in [4.78, 5) is 19.3. The third-order valence-electron chi connectivity index (χ3n) is 5.19. The maximum Gasteiger partial charge on any atom is 0.223 e. The highest BCUT2D eigenvalue weighted by Crippen LogP contribution is 2.21. The van der Waals surface area contributed by atoms with E-state index >= 15 is 0 Å². The summed E-state index contributed by atoms with van der Waals surface area (Å²) in [6, 6.07) is 7.96. The number of rotatable bonds is 4. The normalized spacial score (nSPS) is 22.7. The molecule has 132 valence electrons. The Morgan fingerprint density at radius 3 is 2.71 bits per heavy atom. The maximum atomic E-state index is 12.5. The van der Waals surface area contributed by atoms with Crippen LogP contribution in [0.5, 0.6) is 0 Å². The van der Waals surface area contributed by atoms with Crippen LogP contribution in [-0.4, -0.2) is 61.5 Å². The zero-order valence-corrected chi connectivity index (χ0v) is 15.3. The lowest BCUT2D eigenvalue weighted by Crippen LogP contribution is -2.49. The molecule has 0 aliphatic carbocycles. The molecule has 24 heavy (non-hydrogen) atoms. The topological polar surface area (TPSA) is 26.8 Å². The van der Waals surface area contributed by atoms with E-state index in [9.17, 15) is 4.79 Å². The minimum atomic E-state index is 0.305. The number of amides is 1. The van der Waals surface area contributed by atoms with Crippen molar-refractivity contribution in [3.05, 3.63) is 29.3 Å². The zero-order valence-electron chi connectivity index (χ0n) is 14.6. The Morgan fingerprint density at radius 1 is 1.21 bits per heavy atom. The van der Waals surface area contributed by atoms with Crippen LogP contribution in [0.3, 0.4) is 0 Å². The van der Waals surface area contributed by atoms with Gasteiger partial charge in [0.05, 0.1) is 0 Å². The van der Waals surface area contributed by atoms with Crippen LogP contribution in [-0.2, 0) is 4.79 Å². The lowest BCUT2D eigenvalue weighted by Gasteiger charge is -2.37. The first-order chi connectivity index (χ1) is 11.6. The van der Waals surface area contributed by atoms with Crippen molar-refractivity contribution in [3.63, 3.8) is 0 Å². The van der Waals surface area contributed by atoms with Gasteiger partial charge in [0.1, 0.15) is 0 Å². The average molecular weight is 350 g/mol. The standard InChI is InChI=1S/C19H28ClN3O/c1-16-4-3-8-21(15-16)9-7-19(24)23-12-10-22(11-13-23)18-6-2-5-17(20)14-18/h2,5-6,14,16H,3-4,7-13,15H2,1H3/t16-/m0/s1. The molecular formula is C19H28ClN3O. The van der Waals surface area contributed by atoms with Gasteiger partial charge < -0.3 is 14.7 Å². The highest BCUT2D eigenvalue weighted by molar-refractivity contribution is 6.30. The Labute approximate surface area is 150 Å². The van der Waals surface area contributed by atoms with Gasteiger partial charge in [-0.15, -0.1) is 0 Å². The molecule has 2 saturated heterocycles. The van der Waals surface area contributed by atoms with Gasteiger partial charge in [0.2, 0.25) is 5.91 Å². The third-order valence-corrected chi connectivity index (χ3v) is 5.42. The first kappa shape index (κ1) is 17.6.